The van der Waals surface area contributed by atoms with E-state index in [9.17, 15) is 0 Å². The van der Waals surface area contributed by atoms with Gasteiger partial charge in [-0.1, -0.05) is 0 Å². The highest BCUT2D eigenvalue weighted by atomic mass is 16.5. The van der Waals surface area contributed by atoms with Crippen LogP contribution in [0.5, 0.6) is 5.75 Å². The molecule has 1 unspecified atom stereocenters. The largest absolute Gasteiger partial charge is 0.495 e. The van der Waals surface area contributed by atoms with Crippen molar-refractivity contribution in [3.63, 3.8) is 0 Å². The molecule has 0 bridgehead atoms. The fraction of sp³-hybridized carbons (Fsp3) is 0.462. The third kappa shape index (κ3) is 2.69. The van der Waals surface area contributed by atoms with Gasteiger partial charge in [-0.3, -0.25) is 0 Å². The van der Waals surface area contributed by atoms with E-state index in [1.807, 2.05) is 12.1 Å². The van der Waals surface area contributed by atoms with Gasteiger partial charge in [-0.15, -0.1) is 0 Å². The maximum Gasteiger partial charge on any atom is 0.143 e. The lowest BCUT2D eigenvalue weighted by Gasteiger charge is -2.16. The Kier molecular flexibility index (Phi) is 3.50. The van der Waals surface area contributed by atoms with E-state index in [-0.39, 0.29) is 0 Å². The minimum Gasteiger partial charge on any atom is -0.495 e. The number of benzene rings is 1. The SMILES string of the molecule is COc1cc(C#N)ccc1NC1CCN(C)C1. The Morgan fingerprint density at radius 1 is 1.53 bits per heavy atom. The Balaban J connectivity index is 2.13. The molecular weight excluding hydrogens is 214 g/mol. The minimum absolute atomic E-state index is 0.460. The molecule has 1 aromatic rings. The minimum atomic E-state index is 0.460. The van der Waals surface area contributed by atoms with E-state index in [0.717, 1.165) is 30.9 Å². The Labute approximate surface area is 102 Å². The van der Waals surface area contributed by atoms with Crippen molar-refractivity contribution in [1.29, 1.82) is 5.26 Å². The second-order valence-corrected chi connectivity index (χ2v) is 4.42. The number of likely N-dealkylation sites (N-methyl/N-ethyl adjacent to an activating group) is 1. The Morgan fingerprint density at radius 3 is 2.94 bits per heavy atom. The molecule has 90 valence electrons. The lowest BCUT2D eigenvalue weighted by molar-refractivity contribution is 0.410. The third-order valence-electron chi connectivity index (χ3n) is 3.08. The molecule has 0 amide bonds. The number of nitrogens with zero attached hydrogens (tertiary/aromatic N) is 2. The van der Waals surface area contributed by atoms with Crippen molar-refractivity contribution in [3.05, 3.63) is 23.8 Å². The van der Waals surface area contributed by atoms with Crippen molar-refractivity contribution < 1.29 is 4.74 Å². The van der Waals surface area contributed by atoms with E-state index in [0.29, 0.717) is 11.6 Å². The summed E-state index contributed by atoms with van der Waals surface area (Å²) in [6.07, 6.45) is 1.14. The monoisotopic (exact) mass is 231 g/mol. The maximum atomic E-state index is 8.83. The molecule has 0 saturated carbocycles. The zero-order chi connectivity index (χ0) is 12.3. The van der Waals surface area contributed by atoms with Gasteiger partial charge in [0.15, 0.2) is 0 Å². The summed E-state index contributed by atoms with van der Waals surface area (Å²) in [7, 11) is 3.75. The summed E-state index contributed by atoms with van der Waals surface area (Å²) in [6, 6.07) is 8.06. The van der Waals surface area contributed by atoms with Gasteiger partial charge in [0, 0.05) is 18.7 Å². The van der Waals surface area contributed by atoms with Crippen molar-refractivity contribution in [1.82, 2.24) is 4.90 Å². The summed E-state index contributed by atoms with van der Waals surface area (Å²) < 4.78 is 5.30. The van der Waals surface area contributed by atoms with Crippen LogP contribution in [0, 0.1) is 11.3 Å². The van der Waals surface area contributed by atoms with Crippen molar-refractivity contribution in [3.8, 4) is 11.8 Å². The van der Waals surface area contributed by atoms with E-state index >= 15 is 0 Å². The van der Waals surface area contributed by atoms with Crippen LogP contribution in [0.4, 0.5) is 5.69 Å². The van der Waals surface area contributed by atoms with Gasteiger partial charge in [0.2, 0.25) is 0 Å². The molecule has 1 aliphatic heterocycles. The first-order valence-corrected chi connectivity index (χ1v) is 5.76. The van der Waals surface area contributed by atoms with Crippen LogP contribution in [0.25, 0.3) is 0 Å². The topological polar surface area (TPSA) is 48.3 Å². The number of methoxy groups -OCH3 is 1. The number of hydrogen-bond acceptors (Lipinski definition) is 4. The molecule has 1 aliphatic rings. The number of rotatable bonds is 3. The second kappa shape index (κ2) is 5.07. The summed E-state index contributed by atoms with van der Waals surface area (Å²) in [6.45, 7) is 2.17. The average molecular weight is 231 g/mol. The molecule has 0 aliphatic carbocycles. The molecule has 1 fully saturated rings. The molecule has 17 heavy (non-hydrogen) atoms. The molecule has 1 saturated heterocycles. The van der Waals surface area contributed by atoms with Crippen molar-refractivity contribution in [2.45, 2.75) is 12.5 Å². The van der Waals surface area contributed by atoms with E-state index in [1.165, 1.54) is 0 Å². The van der Waals surface area contributed by atoms with Crippen LogP contribution < -0.4 is 10.1 Å². The molecule has 0 spiro atoms. The van der Waals surface area contributed by atoms with Crippen LogP contribution in [0.3, 0.4) is 0 Å². The van der Waals surface area contributed by atoms with Gasteiger partial charge >= 0.3 is 0 Å². The molecule has 2 rings (SSSR count). The van der Waals surface area contributed by atoms with Crippen LogP contribution in [0.15, 0.2) is 18.2 Å². The fourth-order valence-electron chi connectivity index (χ4n) is 2.15. The van der Waals surface area contributed by atoms with Gasteiger partial charge in [-0.2, -0.15) is 5.26 Å². The fourth-order valence-corrected chi connectivity index (χ4v) is 2.15. The highest BCUT2D eigenvalue weighted by molar-refractivity contribution is 5.60. The molecule has 4 heteroatoms. The van der Waals surface area contributed by atoms with Crippen molar-refractivity contribution in [2.24, 2.45) is 0 Å². The third-order valence-corrected chi connectivity index (χ3v) is 3.08. The summed E-state index contributed by atoms with van der Waals surface area (Å²) in [5.41, 5.74) is 1.59. The molecule has 4 nitrogen and oxygen atoms in total. The van der Waals surface area contributed by atoms with Crippen molar-refractivity contribution in [2.75, 3.05) is 32.6 Å². The van der Waals surface area contributed by atoms with E-state index < -0.39 is 0 Å². The number of nitrogens with one attached hydrogen (secondary N) is 1. The van der Waals surface area contributed by atoms with Crippen LogP contribution in [0.2, 0.25) is 0 Å². The van der Waals surface area contributed by atoms with Crippen LogP contribution >= 0.6 is 0 Å². The Bertz CT molecular complexity index is 439. The number of hydrogen-bond donors (Lipinski definition) is 1. The zero-order valence-corrected chi connectivity index (χ0v) is 10.2. The van der Waals surface area contributed by atoms with Gasteiger partial charge in [0.05, 0.1) is 24.4 Å². The molecule has 0 aromatic heterocycles. The van der Waals surface area contributed by atoms with Crippen molar-refractivity contribution >= 4 is 5.69 Å². The summed E-state index contributed by atoms with van der Waals surface area (Å²) in [5.74, 6) is 0.735. The average Bonchev–Trinajstić information content (AvgIpc) is 2.75. The predicted molar refractivity (Wildman–Crippen MR) is 67.2 cm³/mol. The molecule has 0 radical (unpaired) electrons. The van der Waals surface area contributed by atoms with Crippen LogP contribution in [0.1, 0.15) is 12.0 Å². The van der Waals surface area contributed by atoms with Gasteiger partial charge in [0.1, 0.15) is 5.75 Å². The lowest BCUT2D eigenvalue weighted by atomic mass is 10.1. The van der Waals surface area contributed by atoms with Crippen LogP contribution in [-0.2, 0) is 0 Å². The summed E-state index contributed by atoms with van der Waals surface area (Å²) in [4.78, 5) is 2.30. The summed E-state index contributed by atoms with van der Waals surface area (Å²) in [5, 5.41) is 12.3. The number of ether oxygens (including phenoxy) is 1. The van der Waals surface area contributed by atoms with Crippen LogP contribution in [-0.4, -0.2) is 38.2 Å². The highest BCUT2D eigenvalue weighted by Gasteiger charge is 2.20. The van der Waals surface area contributed by atoms with Gasteiger partial charge in [-0.05, 0) is 32.1 Å². The zero-order valence-electron chi connectivity index (χ0n) is 10.2. The molecule has 1 aromatic carbocycles. The number of likely N-dealkylation sites (tertiary alicyclic amines) is 1. The molecule has 1 heterocycles. The van der Waals surface area contributed by atoms with Gasteiger partial charge < -0.3 is 15.0 Å². The first-order valence-electron chi connectivity index (χ1n) is 5.76. The molecular formula is C13H17N3O. The molecule has 1 atom stereocenters. The number of nitriles is 1. The Hall–Kier alpha value is -1.73. The molecule has 1 N–H and O–H groups in total. The number of anilines is 1. The smallest absolute Gasteiger partial charge is 0.143 e. The second-order valence-electron chi connectivity index (χ2n) is 4.42. The maximum absolute atomic E-state index is 8.83. The van der Waals surface area contributed by atoms with Gasteiger partial charge in [-0.25, -0.2) is 0 Å². The predicted octanol–water partition coefficient (Wildman–Crippen LogP) is 1.68. The Morgan fingerprint density at radius 2 is 2.35 bits per heavy atom. The van der Waals surface area contributed by atoms with E-state index in [4.69, 9.17) is 10.00 Å². The summed E-state index contributed by atoms with van der Waals surface area (Å²) >= 11 is 0. The van der Waals surface area contributed by atoms with Gasteiger partial charge in [0.25, 0.3) is 0 Å². The van der Waals surface area contributed by atoms with E-state index in [2.05, 4.69) is 23.3 Å². The first-order chi connectivity index (χ1) is 8.22. The van der Waals surface area contributed by atoms with E-state index in [1.54, 1.807) is 13.2 Å². The standard InChI is InChI=1S/C13H17N3O/c1-16-6-5-11(9-16)15-12-4-3-10(8-14)7-13(12)17-2/h3-4,7,11,15H,5-6,9H2,1-2H3. The normalized spacial score (nSPS) is 19.9. The highest BCUT2D eigenvalue weighted by Crippen LogP contribution is 2.27. The quantitative estimate of drug-likeness (QED) is 0.860. The first kappa shape index (κ1) is 11.7. The lowest BCUT2D eigenvalue weighted by Crippen LogP contribution is -2.23.